The highest BCUT2D eigenvalue weighted by Gasteiger charge is 2.29. The first-order valence-corrected chi connectivity index (χ1v) is 13.7. The van der Waals surface area contributed by atoms with E-state index < -0.39 is 0 Å². The Morgan fingerprint density at radius 1 is 0.941 bits per heavy atom. The fourth-order valence-electron chi connectivity index (χ4n) is 5.34. The maximum atomic E-state index is 13.0. The second kappa shape index (κ2) is 12.3. The Balaban J connectivity index is 1.44. The molecular formula is C30H42N2O2. The van der Waals surface area contributed by atoms with E-state index in [-0.39, 0.29) is 12.1 Å². The number of nitrogens with zero attached hydrogens (tertiary/aromatic N) is 1. The number of amides is 2. The average Bonchev–Trinajstić information content (AvgIpc) is 2.90. The summed E-state index contributed by atoms with van der Waals surface area (Å²) in [4.78, 5) is 14.9. The van der Waals surface area contributed by atoms with Gasteiger partial charge in [-0.05, 0) is 60.4 Å². The van der Waals surface area contributed by atoms with E-state index in [4.69, 9.17) is 4.74 Å². The van der Waals surface area contributed by atoms with Gasteiger partial charge in [-0.3, -0.25) is 4.90 Å². The van der Waals surface area contributed by atoms with Gasteiger partial charge in [-0.25, -0.2) is 4.79 Å². The number of fused-ring (bicyclic) bond motifs is 1. The van der Waals surface area contributed by atoms with Crippen LogP contribution in [0.3, 0.4) is 0 Å². The molecule has 0 radical (unpaired) electrons. The Bertz CT molecular complexity index is 918. The topological polar surface area (TPSA) is 41.6 Å². The zero-order valence-corrected chi connectivity index (χ0v) is 21.2. The quantitative estimate of drug-likeness (QED) is 0.383. The van der Waals surface area contributed by atoms with Crippen LogP contribution in [0, 0.1) is 0 Å². The summed E-state index contributed by atoms with van der Waals surface area (Å²) in [6, 6.07) is 15.4. The smallest absolute Gasteiger partial charge is 0.322 e. The molecule has 4 nitrogen and oxygen atoms in total. The second-order valence-corrected chi connectivity index (χ2v) is 10.0. The molecule has 1 unspecified atom stereocenters. The van der Waals surface area contributed by atoms with Gasteiger partial charge >= 0.3 is 6.03 Å². The summed E-state index contributed by atoms with van der Waals surface area (Å²) in [6.07, 6.45) is 13.6. The molecule has 4 rings (SSSR count). The van der Waals surface area contributed by atoms with Gasteiger partial charge in [0.2, 0.25) is 0 Å². The molecule has 1 atom stereocenters. The van der Waals surface area contributed by atoms with Crippen molar-refractivity contribution in [2.75, 3.05) is 18.0 Å². The molecule has 2 aromatic carbocycles. The second-order valence-electron chi connectivity index (χ2n) is 10.0. The molecular weight excluding hydrogens is 420 g/mol. The molecule has 2 aliphatic rings. The van der Waals surface area contributed by atoms with Crippen LogP contribution in [0.4, 0.5) is 10.5 Å². The van der Waals surface area contributed by atoms with Crippen LogP contribution < -0.4 is 15.0 Å². The highest BCUT2D eigenvalue weighted by molar-refractivity contribution is 5.94. The van der Waals surface area contributed by atoms with Gasteiger partial charge in [-0.2, -0.15) is 0 Å². The van der Waals surface area contributed by atoms with Crippen molar-refractivity contribution in [1.29, 1.82) is 0 Å². The monoisotopic (exact) mass is 462 g/mol. The third kappa shape index (κ3) is 6.14. The van der Waals surface area contributed by atoms with E-state index >= 15 is 0 Å². The molecule has 4 heteroatoms. The first kappa shape index (κ1) is 24.6. The van der Waals surface area contributed by atoms with E-state index in [0.29, 0.717) is 6.54 Å². The number of rotatable bonds is 9. The Kier molecular flexibility index (Phi) is 8.90. The number of hydrogen-bond donors (Lipinski definition) is 1. The molecule has 2 amide bonds. The van der Waals surface area contributed by atoms with Crippen molar-refractivity contribution in [2.45, 2.75) is 96.5 Å². The maximum Gasteiger partial charge on any atom is 0.322 e. The minimum atomic E-state index is -0.0110. The lowest BCUT2D eigenvalue weighted by molar-refractivity contribution is 0.186. The molecule has 0 saturated heterocycles. The van der Waals surface area contributed by atoms with Crippen LogP contribution in [0.5, 0.6) is 5.75 Å². The molecule has 1 fully saturated rings. The molecule has 1 N–H and O–H groups in total. The first-order chi connectivity index (χ1) is 16.7. The summed E-state index contributed by atoms with van der Waals surface area (Å²) in [6.45, 7) is 5.67. The van der Waals surface area contributed by atoms with E-state index in [9.17, 15) is 4.79 Å². The Morgan fingerprint density at radius 3 is 2.41 bits per heavy atom. The van der Waals surface area contributed by atoms with Gasteiger partial charge < -0.3 is 10.1 Å². The number of unbranched alkanes of at least 4 members (excludes halogenated alkanes) is 4. The maximum absolute atomic E-state index is 13.0. The number of anilines is 1. The van der Waals surface area contributed by atoms with Crippen molar-refractivity contribution < 1.29 is 9.53 Å². The molecule has 0 spiro atoms. The fourth-order valence-corrected chi connectivity index (χ4v) is 5.34. The minimum Gasteiger partial charge on any atom is -0.486 e. The third-order valence-corrected chi connectivity index (χ3v) is 7.51. The summed E-state index contributed by atoms with van der Waals surface area (Å²) in [5.74, 6) is 1.53. The molecule has 0 aromatic heterocycles. The van der Waals surface area contributed by atoms with Crippen LogP contribution in [0.15, 0.2) is 42.5 Å². The van der Waals surface area contributed by atoms with E-state index in [1.54, 1.807) is 0 Å². The van der Waals surface area contributed by atoms with Gasteiger partial charge in [-0.15, -0.1) is 0 Å². The SMILES string of the molecule is CCCCCCCNC(=O)N1CC(CC)Oc2cc(-c3ccc(C4CCCCC4)cc3)ccc21. The number of benzene rings is 2. The molecule has 1 saturated carbocycles. The molecule has 1 aliphatic heterocycles. The van der Waals surface area contributed by atoms with Crippen LogP contribution in [-0.4, -0.2) is 25.2 Å². The van der Waals surface area contributed by atoms with E-state index in [1.807, 2.05) is 11.0 Å². The minimum absolute atomic E-state index is 0.0110. The van der Waals surface area contributed by atoms with Gasteiger partial charge in [0.1, 0.15) is 11.9 Å². The number of carbonyl (C=O) groups excluding carboxylic acids is 1. The van der Waals surface area contributed by atoms with E-state index in [2.05, 4.69) is 55.6 Å². The van der Waals surface area contributed by atoms with Crippen molar-refractivity contribution in [3.63, 3.8) is 0 Å². The van der Waals surface area contributed by atoms with Gasteiger partial charge in [0.05, 0.1) is 12.2 Å². The van der Waals surface area contributed by atoms with Gasteiger partial charge in [0, 0.05) is 6.54 Å². The summed E-state index contributed by atoms with van der Waals surface area (Å²) in [5, 5.41) is 3.13. The molecule has 0 bridgehead atoms. The Labute approximate surface area is 206 Å². The summed E-state index contributed by atoms with van der Waals surface area (Å²) in [5.41, 5.74) is 4.69. The van der Waals surface area contributed by atoms with Crippen molar-refractivity contribution in [3.05, 3.63) is 48.0 Å². The Hall–Kier alpha value is -2.49. The predicted octanol–water partition coefficient (Wildman–Crippen LogP) is 8.06. The molecule has 1 heterocycles. The average molecular weight is 463 g/mol. The summed E-state index contributed by atoms with van der Waals surface area (Å²) < 4.78 is 6.29. The van der Waals surface area contributed by atoms with Crippen molar-refractivity contribution >= 4 is 11.7 Å². The molecule has 2 aromatic rings. The number of nitrogens with one attached hydrogen (secondary N) is 1. The number of urea groups is 1. The van der Waals surface area contributed by atoms with Gasteiger partial charge in [0.25, 0.3) is 0 Å². The van der Waals surface area contributed by atoms with E-state index in [0.717, 1.165) is 42.3 Å². The summed E-state index contributed by atoms with van der Waals surface area (Å²) >= 11 is 0. The van der Waals surface area contributed by atoms with Crippen molar-refractivity contribution in [3.8, 4) is 16.9 Å². The predicted molar refractivity (Wildman–Crippen MR) is 142 cm³/mol. The number of hydrogen-bond acceptors (Lipinski definition) is 2. The standard InChI is InChI=1S/C30H42N2O2/c1-3-5-6-7-11-20-31-30(33)32-22-27(4-2)34-29-21-26(18-19-28(29)32)25-16-14-24(15-17-25)23-12-9-8-10-13-23/h14-19,21,23,27H,3-13,20,22H2,1-2H3,(H,31,33). The molecule has 1 aliphatic carbocycles. The van der Waals surface area contributed by atoms with E-state index in [1.165, 1.54) is 68.9 Å². The lowest BCUT2D eigenvalue weighted by Gasteiger charge is -2.35. The van der Waals surface area contributed by atoms with Gasteiger partial charge in [0.15, 0.2) is 0 Å². The van der Waals surface area contributed by atoms with Crippen LogP contribution in [-0.2, 0) is 0 Å². The highest BCUT2D eigenvalue weighted by Crippen LogP contribution is 2.39. The lowest BCUT2D eigenvalue weighted by atomic mass is 9.84. The summed E-state index contributed by atoms with van der Waals surface area (Å²) in [7, 11) is 0. The molecule has 34 heavy (non-hydrogen) atoms. The zero-order chi connectivity index (χ0) is 23.8. The third-order valence-electron chi connectivity index (χ3n) is 7.51. The van der Waals surface area contributed by atoms with Crippen LogP contribution in [0.2, 0.25) is 0 Å². The lowest BCUT2D eigenvalue weighted by Crippen LogP contribution is -2.48. The van der Waals surface area contributed by atoms with Crippen molar-refractivity contribution in [1.82, 2.24) is 5.32 Å². The van der Waals surface area contributed by atoms with Crippen LogP contribution in [0.1, 0.15) is 96.0 Å². The van der Waals surface area contributed by atoms with Gasteiger partial charge in [-0.1, -0.05) is 89.1 Å². The van der Waals surface area contributed by atoms with Crippen molar-refractivity contribution in [2.24, 2.45) is 0 Å². The fraction of sp³-hybridized carbons (Fsp3) is 0.567. The Morgan fingerprint density at radius 2 is 1.68 bits per heavy atom. The number of carbonyl (C=O) groups is 1. The zero-order valence-electron chi connectivity index (χ0n) is 21.2. The largest absolute Gasteiger partial charge is 0.486 e. The normalized spacial score (nSPS) is 18.3. The number of ether oxygens (including phenoxy) is 1. The van der Waals surface area contributed by atoms with Crippen LogP contribution in [0.25, 0.3) is 11.1 Å². The highest BCUT2D eigenvalue weighted by atomic mass is 16.5. The molecule has 184 valence electrons. The van der Waals surface area contributed by atoms with Crippen LogP contribution >= 0.6 is 0 Å². The first-order valence-electron chi connectivity index (χ1n) is 13.7.